The Labute approximate surface area is 92.6 Å². The Bertz CT molecular complexity index is 290. The van der Waals surface area contributed by atoms with Crippen molar-refractivity contribution in [2.24, 2.45) is 5.92 Å². The van der Waals surface area contributed by atoms with Crippen LogP contribution < -0.4 is 0 Å². The normalized spacial score (nSPS) is 18.1. The van der Waals surface area contributed by atoms with Gasteiger partial charge in [0.2, 0.25) is 0 Å². The SMILES string of the molecule is Fc1ccc(CCC(Br)C2CC2)cc1. The third kappa shape index (κ3) is 2.81. The second-order valence-electron chi connectivity index (χ2n) is 4.02. The van der Waals surface area contributed by atoms with E-state index in [-0.39, 0.29) is 5.82 Å². The Hall–Kier alpha value is -0.370. The van der Waals surface area contributed by atoms with E-state index in [2.05, 4.69) is 15.9 Å². The first-order valence-corrected chi connectivity index (χ1v) is 6.06. The molecule has 76 valence electrons. The standard InChI is InChI=1S/C12H14BrF/c13-12(10-4-5-10)8-3-9-1-6-11(14)7-2-9/h1-2,6-7,10,12H,3-5,8H2. The maximum absolute atomic E-state index is 12.6. The van der Waals surface area contributed by atoms with Crippen LogP contribution in [0.4, 0.5) is 4.39 Å². The molecule has 1 aromatic rings. The van der Waals surface area contributed by atoms with Crippen LogP contribution in [-0.2, 0) is 6.42 Å². The molecule has 0 aliphatic heterocycles. The molecule has 0 bridgehead atoms. The van der Waals surface area contributed by atoms with Crippen LogP contribution in [0.1, 0.15) is 24.8 Å². The van der Waals surface area contributed by atoms with E-state index in [9.17, 15) is 4.39 Å². The van der Waals surface area contributed by atoms with Crippen LogP contribution in [0.15, 0.2) is 24.3 Å². The lowest BCUT2D eigenvalue weighted by Gasteiger charge is -2.07. The highest BCUT2D eigenvalue weighted by Crippen LogP contribution is 2.38. The molecule has 0 spiro atoms. The van der Waals surface area contributed by atoms with E-state index in [4.69, 9.17) is 0 Å². The third-order valence-electron chi connectivity index (χ3n) is 2.76. The molecule has 0 radical (unpaired) electrons. The minimum atomic E-state index is -0.147. The van der Waals surface area contributed by atoms with Crippen LogP contribution in [0.2, 0.25) is 0 Å². The van der Waals surface area contributed by atoms with Crippen LogP contribution in [0.3, 0.4) is 0 Å². The van der Waals surface area contributed by atoms with Gasteiger partial charge in [-0.3, -0.25) is 0 Å². The van der Waals surface area contributed by atoms with Crippen molar-refractivity contribution in [3.05, 3.63) is 35.6 Å². The van der Waals surface area contributed by atoms with Gasteiger partial charge in [0.1, 0.15) is 5.82 Å². The first kappa shape index (κ1) is 10.2. The predicted octanol–water partition coefficient (Wildman–Crippen LogP) is 3.93. The van der Waals surface area contributed by atoms with Gasteiger partial charge in [0, 0.05) is 4.83 Å². The van der Waals surface area contributed by atoms with E-state index in [1.807, 2.05) is 12.1 Å². The summed E-state index contributed by atoms with van der Waals surface area (Å²) in [5.74, 6) is 0.752. The molecular weight excluding hydrogens is 243 g/mol. The van der Waals surface area contributed by atoms with Gasteiger partial charge in [-0.05, 0) is 49.3 Å². The monoisotopic (exact) mass is 256 g/mol. The number of benzene rings is 1. The zero-order valence-corrected chi connectivity index (χ0v) is 9.63. The Balaban J connectivity index is 1.82. The highest BCUT2D eigenvalue weighted by Gasteiger charge is 2.28. The van der Waals surface area contributed by atoms with E-state index in [0.29, 0.717) is 4.83 Å². The molecule has 1 atom stereocenters. The van der Waals surface area contributed by atoms with Crippen LogP contribution in [0.25, 0.3) is 0 Å². The Morgan fingerprint density at radius 3 is 2.50 bits per heavy atom. The van der Waals surface area contributed by atoms with Crippen molar-refractivity contribution < 1.29 is 4.39 Å². The van der Waals surface area contributed by atoms with Crippen molar-refractivity contribution >= 4 is 15.9 Å². The van der Waals surface area contributed by atoms with Gasteiger partial charge in [-0.25, -0.2) is 4.39 Å². The minimum Gasteiger partial charge on any atom is -0.207 e. The molecule has 14 heavy (non-hydrogen) atoms. The first-order valence-electron chi connectivity index (χ1n) is 5.14. The zero-order valence-electron chi connectivity index (χ0n) is 8.05. The van der Waals surface area contributed by atoms with Crippen molar-refractivity contribution in [1.82, 2.24) is 0 Å². The number of aryl methyl sites for hydroxylation is 1. The fraction of sp³-hybridized carbons (Fsp3) is 0.500. The summed E-state index contributed by atoms with van der Waals surface area (Å²) in [7, 11) is 0. The molecule has 1 fully saturated rings. The fourth-order valence-electron chi connectivity index (χ4n) is 1.65. The first-order chi connectivity index (χ1) is 6.75. The number of rotatable bonds is 4. The summed E-state index contributed by atoms with van der Waals surface area (Å²) in [5.41, 5.74) is 1.23. The molecule has 1 saturated carbocycles. The van der Waals surface area contributed by atoms with Crippen LogP contribution >= 0.6 is 15.9 Å². The van der Waals surface area contributed by atoms with E-state index in [0.717, 1.165) is 18.8 Å². The molecule has 0 heterocycles. The van der Waals surface area contributed by atoms with Crippen molar-refractivity contribution in [3.8, 4) is 0 Å². The maximum Gasteiger partial charge on any atom is 0.123 e. The summed E-state index contributed by atoms with van der Waals surface area (Å²) in [6.45, 7) is 0. The molecule has 0 amide bonds. The van der Waals surface area contributed by atoms with Gasteiger partial charge >= 0.3 is 0 Å². The smallest absolute Gasteiger partial charge is 0.123 e. The summed E-state index contributed by atoms with van der Waals surface area (Å²) < 4.78 is 12.6. The van der Waals surface area contributed by atoms with Crippen molar-refractivity contribution in [3.63, 3.8) is 0 Å². The number of alkyl halides is 1. The summed E-state index contributed by atoms with van der Waals surface area (Å²) >= 11 is 3.70. The van der Waals surface area contributed by atoms with Crippen LogP contribution in [-0.4, -0.2) is 4.83 Å². The largest absolute Gasteiger partial charge is 0.207 e. The molecule has 1 aromatic carbocycles. The van der Waals surface area contributed by atoms with Gasteiger partial charge in [-0.1, -0.05) is 28.1 Å². The van der Waals surface area contributed by atoms with E-state index >= 15 is 0 Å². The highest BCUT2D eigenvalue weighted by atomic mass is 79.9. The summed E-state index contributed by atoms with van der Waals surface area (Å²) in [6, 6.07) is 6.83. The summed E-state index contributed by atoms with van der Waals surface area (Å²) in [4.78, 5) is 0.660. The second kappa shape index (κ2) is 4.43. The van der Waals surface area contributed by atoms with Crippen LogP contribution in [0, 0.1) is 11.7 Å². The lowest BCUT2D eigenvalue weighted by molar-refractivity contribution is 0.626. The molecule has 0 saturated heterocycles. The third-order valence-corrected chi connectivity index (χ3v) is 3.96. The summed E-state index contributed by atoms with van der Waals surface area (Å²) in [5, 5.41) is 0. The lowest BCUT2D eigenvalue weighted by atomic mass is 10.1. The highest BCUT2D eigenvalue weighted by molar-refractivity contribution is 9.09. The molecule has 1 aliphatic carbocycles. The van der Waals surface area contributed by atoms with Gasteiger partial charge in [-0.2, -0.15) is 0 Å². The average Bonchev–Trinajstić information content (AvgIpc) is 3.00. The average molecular weight is 257 g/mol. The Morgan fingerprint density at radius 1 is 1.29 bits per heavy atom. The van der Waals surface area contributed by atoms with Gasteiger partial charge in [-0.15, -0.1) is 0 Å². The van der Waals surface area contributed by atoms with Crippen molar-refractivity contribution in [2.75, 3.05) is 0 Å². The number of hydrogen-bond donors (Lipinski definition) is 0. The molecule has 0 aromatic heterocycles. The Kier molecular flexibility index (Phi) is 3.22. The molecule has 1 unspecified atom stereocenters. The fourth-order valence-corrected chi connectivity index (χ4v) is 2.41. The predicted molar refractivity (Wildman–Crippen MR) is 60.2 cm³/mol. The quantitative estimate of drug-likeness (QED) is 0.717. The summed E-state index contributed by atoms with van der Waals surface area (Å²) in [6.07, 6.45) is 4.96. The van der Waals surface area contributed by atoms with E-state index in [1.165, 1.54) is 30.5 Å². The van der Waals surface area contributed by atoms with Crippen molar-refractivity contribution in [1.29, 1.82) is 0 Å². The second-order valence-corrected chi connectivity index (χ2v) is 5.19. The Morgan fingerprint density at radius 2 is 1.93 bits per heavy atom. The molecule has 0 nitrogen and oxygen atoms in total. The van der Waals surface area contributed by atoms with Gasteiger partial charge < -0.3 is 0 Å². The molecule has 2 rings (SSSR count). The van der Waals surface area contributed by atoms with E-state index < -0.39 is 0 Å². The zero-order chi connectivity index (χ0) is 9.97. The molecule has 0 N–H and O–H groups in total. The van der Waals surface area contributed by atoms with Crippen molar-refractivity contribution in [2.45, 2.75) is 30.5 Å². The topological polar surface area (TPSA) is 0 Å². The lowest BCUT2D eigenvalue weighted by Crippen LogP contribution is -2.02. The maximum atomic E-state index is 12.6. The van der Waals surface area contributed by atoms with Gasteiger partial charge in [0.05, 0.1) is 0 Å². The molecule has 1 aliphatic rings. The molecular formula is C12H14BrF. The minimum absolute atomic E-state index is 0.147. The van der Waals surface area contributed by atoms with Gasteiger partial charge in [0.25, 0.3) is 0 Å². The number of halogens is 2. The van der Waals surface area contributed by atoms with Crippen LogP contribution in [0.5, 0.6) is 0 Å². The van der Waals surface area contributed by atoms with E-state index in [1.54, 1.807) is 0 Å². The number of hydrogen-bond acceptors (Lipinski definition) is 0. The molecule has 2 heteroatoms. The van der Waals surface area contributed by atoms with Gasteiger partial charge in [0.15, 0.2) is 0 Å².